The van der Waals surface area contributed by atoms with E-state index >= 15 is 0 Å². The zero-order chi connectivity index (χ0) is 13.1. The molecule has 0 fully saturated rings. The van der Waals surface area contributed by atoms with Gasteiger partial charge in [-0.15, -0.1) is 0 Å². The number of hydrazine groups is 1. The van der Waals surface area contributed by atoms with Crippen LogP contribution in [-0.4, -0.2) is 9.78 Å². The maximum absolute atomic E-state index is 5.97. The number of rotatable bonds is 5. The van der Waals surface area contributed by atoms with E-state index in [-0.39, 0.29) is 6.04 Å². The Balaban J connectivity index is 2.23. The van der Waals surface area contributed by atoms with E-state index in [1.807, 2.05) is 17.7 Å². The summed E-state index contributed by atoms with van der Waals surface area (Å²) in [5.74, 6) is 5.60. The monoisotopic (exact) mass is 268 g/mol. The number of aryl methyl sites for hydroxylation is 2. The number of nitrogens with one attached hydrogen (secondary N) is 1. The molecule has 0 aromatic carbocycles. The van der Waals surface area contributed by atoms with Crippen LogP contribution in [0.4, 0.5) is 0 Å². The Bertz CT molecular complexity index is 520. The van der Waals surface area contributed by atoms with E-state index in [2.05, 4.69) is 23.5 Å². The first-order chi connectivity index (χ1) is 8.65. The molecule has 2 aromatic rings. The van der Waals surface area contributed by atoms with E-state index in [1.165, 1.54) is 0 Å². The van der Waals surface area contributed by atoms with E-state index in [0.29, 0.717) is 11.6 Å². The standard InChI is InChI=1S/C12H17ClN4O/c1-3-17-9(6-8(2)16-17)7-11(15-14)10-4-5-18-12(10)13/h4-6,11,15H,3,7,14H2,1-2H3. The van der Waals surface area contributed by atoms with Gasteiger partial charge in [-0.3, -0.25) is 16.0 Å². The van der Waals surface area contributed by atoms with Gasteiger partial charge in [0.1, 0.15) is 0 Å². The molecule has 0 aliphatic rings. The van der Waals surface area contributed by atoms with Crippen LogP contribution in [0, 0.1) is 6.92 Å². The molecule has 6 heteroatoms. The molecule has 0 aliphatic carbocycles. The normalized spacial score (nSPS) is 12.9. The Morgan fingerprint density at radius 1 is 1.61 bits per heavy atom. The van der Waals surface area contributed by atoms with Gasteiger partial charge in [-0.05, 0) is 37.6 Å². The molecular weight excluding hydrogens is 252 g/mol. The fraction of sp³-hybridized carbons (Fsp3) is 0.417. The summed E-state index contributed by atoms with van der Waals surface area (Å²) in [7, 11) is 0. The summed E-state index contributed by atoms with van der Waals surface area (Å²) in [6.45, 7) is 4.87. The lowest BCUT2D eigenvalue weighted by molar-refractivity contribution is 0.505. The van der Waals surface area contributed by atoms with Crippen molar-refractivity contribution in [1.82, 2.24) is 15.2 Å². The lowest BCUT2D eigenvalue weighted by atomic mass is 10.1. The Morgan fingerprint density at radius 2 is 2.39 bits per heavy atom. The van der Waals surface area contributed by atoms with Crippen LogP contribution < -0.4 is 11.3 Å². The highest BCUT2D eigenvalue weighted by Gasteiger charge is 2.18. The molecule has 1 unspecified atom stereocenters. The summed E-state index contributed by atoms with van der Waals surface area (Å²) in [6, 6.07) is 3.80. The molecule has 0 saturated heterocycles. The zero-order valence-corrected chi connectivity index (χ0v) is 11.2. The van der Waals surface area contributed by atoms with Crippen LogP contribution in [-0.2, 0) is 13.0 Å². The van der Waals surface area contributed by atoms with E-state index in [0.717, 1.165) is 23.5 Å². The molecule has 0 amide bonds. The van der Waals surface area contributed by atoms with E-state index < -0.39 is 0 Å². The Hall–Kier alpha value is -1.30. The first-order valence-corrected chi connectivity index (χ1v) is 6.25. The summed E-state index contributed by atoms with van der Waals surface area (Å²) in [4.78, 5) is 0. The Morgan fingerprint density at radius 3 is 2.94 bits per heavy atom. The van der Waals surface area contributed by atoms with Gasteiger partial charge in [0.2, 0.25) is 0 Å². The number of aromatic nitrogens is 2. The second-order valence-corrected chi connectivity index (χ2v) is 4.51. The van der Waals surface area contributed by atoms with Crippen molar-refractivity contribution in [3.8, 4) is 0 Å². The van der Waals surface area contributed by atoms with Crippen molar-refractivity contribution in [3.05, 3.63) is 40.6 Å². The average Bonchev–Trinajstić information content (AvgIpc) is 2.92. The van der Waals surface area contributed by atoms with Crippen molar-refractivity contribution < 1.29 is 4.42 Å². The number of nitrogens with two attached hydrogens (primary N) is 1. The van der Waals surface area contributed by atoms with Crippen LogP contribution in [0.3, 0.4) is 0 Å². The van der Waals surface area contributed by atoms with E-state index in [9.17, 15) is 0 Å². The van der Waals surface area contributed by atoms with Gasteiger partial charge in [-0.1, -0.05) is 0 Å². The highest BCUT2D eigenvalue weighted by atomic mass is 35.5. The molecule has 2 rings (SSSR count). The SMILES string of the molecule is CCn1nc(C)cc1CC(NN)c1ccoc1Cl. The minimum atomic E-state index is -0.0855. The highest BCUT2D eigenvalue weighted by Crippen LogP contribution is 2.26. The molecule has 0 radical (unpaired) electrons. The highest BCUT2D eigenvalue weighted by molar-refractivity contribution is 6.29. The summed E-state index contributed by atoms with van der Waals surface area (Å²) in [6.07, 6.45) is 2.27. The first-order valence-electron chi connectivity index (χ1n) is 5.88. The number of furan rings is 1. The Kier molecular flexibility index (Phi) is 4.06. The van der Waals surface area contributed by atoms with Crippen LogP contribution in [0.2, 0.25) is 5.22 Å². The van der Waals surface area contributed by atoms with Crippen molar-refractivity contribution in [3.63, 3.8) is 0 Å². The Labute approximate surface area is 111 Å². The third kappa shape index (κ3) is 2.58. The summed E-state index contributed by atoms with van der Waals surface area (Å²) < 4.78 is 7.06. The number of nitrogens with zero attached hydrogens (tertiary/aromatic N) is 2. The molecule has 0 aliphatic heterocycles. The molecule has 98 valence electrons. The second-order valence-electron chi connectivity index (χ2n) is 4.17. The maximum atomic E-state index is 5.97. The van der Waals surface area contributed by atoms with Gasteiger partial charge in [0.25, 0.3) is 0 Å². The molecule has 2 aromatic heterocycles. The van der Waals surface area contributed by atoms with Gasteiger partial charge in [-0.2, -0.15) is 5.10 Å². The quantitative estimate of drug-likeness (QED) is 0.644. The zero-order valence-electron chi connectivity index (χ0n) is 10.5. The molecule has 18 heavy (non-hydrogen) atoms. The van der Waals surface area contributed by atoms with Crippen LogP contribution in [0.25, 0.3) is 0 Å². The largest absolute Gasteiger partial charge is 0.453 e. The number of halogens is 1. The second kappa shape index (κ2) is 5.56. The molecule has 3 N–H and O–H groups in total. The minimum Gasteiger partial charge on any atom is -0.453 e. The van der Waals surface area contributed by atoms with Crippen LogP contribution >= 0.6 is 11.6 Å². The van der Waals surface area contributed by atoms with Gasteiger partial charge in [0.15, 0.2) is 5.22 Å². The fourth-order valence-corrected chi connectivity index (χ4v) is 2.30. The third-order valence-electron chi connectivity index (χ3n) is 2.92. The van der Waals surface area contributed by atoms with Gasteiger partial charge < -0.3 is 4.42 Å². The van der Waals surface area contributed by atoms with Crippen molar-refractivity contribution >= 4 is 11.6 Å². The van der Waals surface area contributed by atoms with Gasteiger partial charge in [-0.25, -0.2) is 0 Å². The average molecular weight is 269 g/mol. The van der Waals surface area contributed by atoms with E-state index in [4.69, 9.17) is 21.9 Å². The minimum absolute atomic E-state index is 0.0855. The van der Waals surface area contributed by atoms with Crippen LogP contribution in [0.5, 0.6) is 0 Å². The van der Waals surface area contributed by atoms with Crippen molar-refractivity contribution in [2.45, 2.75) is 32.9 Å². The van der Waals surface area contributed by atoms with Gasteiger partial charge >= 0.3 is 0 Å². The van der Waals surface area contributed by atoms with Crippen molar-refractivity contribution in [2.24, 2.45) is 5.84 Å². The molecular formula is C12H17ClN4O. The van der Waals surface area contributed by atoms with Crippen LogP contribution in [0.1, 0.15) is 29.9 Å². The van der Waals surface area contributed by atoms with Gasteiger partial charge in [0, 0.05) is 24.2 Å². The number of hydrogen-bond acceptors (Lipinski definition) is 4. The van der Waals surface area contributed by atoms with Crippen LogP contribution in [0.15, 0.2) is 22.8 Å². The molecule has 2 heterocycles. The smallest absolute Gasteiger partial charge is 0.197 e. The maximum Gasteiger partial charge on any atom is 0.197 e. The molecule has 1 atom stereocenters. The first kappa shape index (κ1) is 13.1. The van der Waals surface area contributed by atoms with Crippen molar-refractivity contribution in [1.29, 1.82) is 0 Å². The molecule has 0 bridgehead atoms. The summed E-state index contributed by atoms with van der Waals surface area (Å²) in [5, 5.41) is 4.78. The predicted octanol–water partition coefficient (Wildman–Crippen LogP) is 2.20. The topological polar surface area (TPSA) is 69.0 Å². The molecule has 5 nitrogen and oxygen atoms in total. The summed E-state index contributed by atoms with van der Waals surface area (Å²) >= 11 is 5.97. The van der Waals surface area contributed by atoms with E-state index in [1.54, 1.807) is 6.26 Å². The predicted molar refractivity (Wildman–Crippen MR) is 70.1 cm³/mol. The lowest BCUT2D eigenvalue weighted by Gasteiger charge is -2.15. The molecule has 0 saturated carbocycles. The fourth-order valence-electron chi connectivity index (χ4n) is 2.06. The molecule has 0 spiro atoms. The van der Waals surface area contributed by atoms with Crippen molar-refractivity contribution in [2.75, 3.05) is 0 Å². The number of hydrogen-bond donors (Lipinski definition) is 2. The summed E-state index contributed by atoms with van der Waals surface area (Å²) in [5.41, 5.74) is 5.75. The lowest BCUT2D eigenvalue weighted by Crippen LogP contribution is -2.30. The van der Waals surface area contributed by atoms with Gasteiger partial charge in [0.05, 0.1) is 18.0 Å². The third-order valence-corrected chi connectivity index (χ3v) is 3.23.